The van der Waals surface area contributed by atoms with Crippen LogP contribution < -0.4 is 21.3 Å². The van der Waals surface area contributed by atoms with E-state index in [4.69, 9.17) is 0 Å². The van der Waals surface area contributed by atoms with Gasteiger partial charge in [-0.05, 0) is 30.5 Å². The molecule has 0 fully saturated rings. The van der Waals surface area contributed by atoms with Gasteiger partial charge in [0.2, 0.25) is 0 Å². The predicted molar refractivity (Wildman–Crippen MR) is 109 cm³/mol. The number of anilines is 1. The van der Waals surface area contributed by atoms with Crippen molar-refractivity contribution in [3.05, 3.63) is 70.6 Å². The van der Waals surface area contributed by atoms with Gasteiger partial charge in [-0.25, -0.2) is 4.68 Å². The smallest absolute Gasteiger partial charge is 0.275 e. The molecule has 8 heteroatoms. The Balaban J connectivity index is 1.34. The van der Waals surface area contributed by atoms with E-state index in [0.717, 1.165) is 29.8 Å². The maximum atomic E-state index is 12.4. The van der Waals surface area contributed by atoms with Crippen LogP contribution in [0.5, 0.6) is 0 Å². The molecule has 1 aliphatic heterocycles. The molecule has 2 aromatic carbocycles. The number of para-hydroxylation sites is 1. The molecule has 0 saturated carbocycles. The zero-order valence-electron chi connectivity index (χ0n) is 15.8. The third kappa shape index (κ3) is 4.11. The molecule has 1 aliphatic rings. The molecular formula is C21H21N5O3. The van der Waals surface area contributed by atoms with Crippen molar-refractivity contribution in [3.63, 3.8) is 0 Å². The molecule has 0 aliphatic carbocycles. The van der Waals surface area contributed by atoms with E-state index in [1.807, 2.05) is 29.2 Å². The molecule has 0 atom stereocenters. The molecular weight excluding hydrogens is 370 g/mol. The summed E-state index contributed by atoms with van der Waals surface area (Å²) in [5.41, 5.74) is 6.68. The van der Waals surface area contributed by atoms with Crippen LogP contribution in [-0.4, -0.2) is 34.7 Å². The van der Waals surface area contributed by atoms with Gasteiger partial charge in [0.05, 0.1) is 18.1 Å². The molecule has 29 heavy (non-hydrogen) atoms. The van der Waals surface area contributed by atoms with Crippen molar-refractivity contribution < 1.29 is 9.59 Å². The third-order valence-electron chi connectivity index (χ3n) is 4.94. The number of nitrogens with zero attached hydrogens (tertiary/aromatic N) is 3. The molecule has 2 N–H and O–H groups in total. The van der Waals surface area contributed by atoms with E-state index in [1.54, 1.807) is 18.2 Å². The molecule has 2 heterocycles. The molecule has 8 nitrogen and oxygen atoms in total. The lowest BCUT2D eigenvalue weighted by molar-refractivity contribution is -0.128. The van der Waals surface area contributed by atoms with E-state index in [-0.39, 0.29) is 24.6 Å². The van der Waals surface area contributed by atoms with Crippen molar-refractivity contribution in [2.45, 2.75) is 19.4 Å². The van der Waals surface area contributed by atoms with E-state index >= 15 is 0 Å². The standard InChI is InChI=1S/C21H21N5O3/c27-19(13-25-11-5-8-15-6-2-4-10-18(15)25)23-24-20(28)14-26-21(29)17-9-3-1-7-16(17)12-22-26/h1-4,6-7,9-10,12H,5,8,11,13-14H2,(H,23,27)(H,24,28). The highest BCUT2D eigenvalue weighted by Crippen LogP contribution is 2.26. The molecule has 0 radical (unpaired) electrons. The summed E-state index contributed by atoms with van der Waals surface area (Å²) in [4.78, 5) is 38.8. The second-order valence-corrected chi connectivity index (χ2v) is 6.94. The van der Waals surface area contributed by atoms with Crippen LogP contribution >= 0.6 is 0 Å². The van der Waals surface area contributed by atoms with Gasteiger partial charge in [-0.1, -0.05) is 36.4 Å². The highest BCUT2D eigenvalue weighted by Gasteiger charge is 2.19. The zero-order chi connectivity index (χ0) is 20.2. The van der Waals surface area contributed by atoms with Crippen molar-refractivity contribution in [1.29, 1.82) is 0 Å². The summed E-state index contributed by atoms with van der Waals surface area (Å²) < 4.78 is 1.07. The summed E-state index contributed by atoms with van der Waals surface area (Å²) in [6.07, 6.45) is 3.52. The van der Waals surface area contributed by atoms with Crippen LogP contribution in [0.2, 0.25) is 0 Å². The first-order valence-electron chi connectivity index (χ1n) is 9.47. The van der Waals surface area contributed by atoms with Crippen LogP contribution in [0.25, 0.3) is 10.8 Å². The highest BCUT2D eigenvalue weighted by atomic mass is 16.2. The average molecular weight is 391 g/mol. The summed E-state index contributed by atoms with van der Waals surface area (Å²) >= 11 is 0. The largest absolute Gasteiger partial charge is 0.362 e. The van der Waals surface area contributed by atoms with Crippen molar-refractivity contribution in [3.8, 4) is 0 Å². The SMILES string of the molecule is O=C(CN1CCCc2ccccc21)NNC(=O)Cn1ncc2ccccc2c1=O. The van der Waals surface area contributed by atoms with Crippen molar-refractivity contribution >= 4 is 28.3 Å². The average Bonchev–Trinajstić information content (AvgIpc) is 2.75. The topological polar surface area (TPSA) is 96.3 Å². The van der Waals surface area contributed by atoms with Gasteiger partial charge >= 0.3 is 0 Å². The van der Waals surface area contributed by atoms with Crippen molar-refractivity contribution in [2.75, 3.05) is 18.0 Å². The van der Waals surface area contributed by atoms with Gasteiger partial charge in [0.15, 0.2) is 0 Å². The lowest BCUT2D eigenvalue weighted by atomic mass is 10.0. The molecule has 3 aromatic rings. The monoisotopic (exact) mass is 391 g/mol. The first-order valence-corrected chi connectivity index (χ1v) is 9.47. The number of hydrogen-bond donors (Lipinski definition) is 2. The van der Waals surface area contributed by atoms with E-state index in [1.165, 1.54) is 11.8 Å². The maximum absolute atomic E-state index is 12.4. The van der Waals surface area contributed by atoms with Gasteiger partial charge in [0.25, 0.3) is 17.4 Å². The minimum Gasteiger partial charge on any atom is -0.362 e. The van der Waals surface area contributed by atoms with Crippen LogP contribution in [-0.2, 0) is 22.6 Å². The minimum absolute atomic E-state index is 0.144. The number of nitrogens with one attached hydrogen (secondary N) is 2. The Morgan fingerprint density at radius 3 is 2.55 bits per heavy atom. The Morgan fingerprint density at radius 1 is 0.966 bits per heavy atom. The second kappa shape index (κ2) is 8.14. The van der Waals surface area contributed by atoms with Gasteiger partial charge in [-0.3, -0.25) is 25.2 Å². The fourth-order valence-electron chi connectivity index (χ4n) is 3.54. The number of fused-ring (bicyclic) bond motifs is 2. The molecule has 148 valence electrons. The number of carbonyl (C=O) groups is 2. The Kier molecular flexibility index (Phi) is 5.24. The fourth-order valence-corrected chi connectivity index (χ4v) is 3.54. The number of aryl methyl sites for hydroxylation is 1. The highest BCUT2D eigenvalue weighted by molar-refractivity contribution is 5.85. The fraction of sp³-hybridized carbons (Fsp3) is 0.238. The van der Waals surface area contributed by atoms with Crippen LogP contribution in [0.4, 0.5) is 5.69 Å². The summed E-state index contributed by atoms with van der Waals surface area (Å²) in [6, 6.07) is 15.0. The molecule has 4 rings (SSSR count). The van der Waals surface area contributed by atoms with Gasteiger partial charge in [0.1, 0.15) is 6.54 Å². The summed E-state index contributed by atoms with van der Waals surface area (Å²) in [5.74, 6) is -0.851. The van der Waals surface area contributed by atoms with Gasteiger partial charge in [0, 0.05) is 17.6 Å². The summed E-state index contributed by atoms with van der Waals surface area (Å²) in [6.45, 7) is 0.650. The molecule has 0 spiro atoms. The van der Waals surface area contributed by atoms with E-state index in [0.29, 0.717) is 10.8 Å². The second-order valence-electron chi connectivity index (χ2n) is 6.94. The Morgan fingerprint density at radius 2 is 1.69 bits per heavy atom. The van der Waals surface area contributed by atoms with E-state index in [2.05, 4.69) is 22.0 Å². The van der Waals surface area contributed by atoms with Crippen LogP contribution in [0, 0.1) is 0 Å². The number of benzene rings is 2. The maximum Gasteiger partial charge on any atom is 0.275 e. The van der Waals surface area contributed by atoms with Crippen molar-refractivity contribution in [1.82, 2.24) is 20.6 Å². The number of aromatic nitrogens is 2. The normalized spacial score (nSPS) is 13.0. The number of carbonyl (C=O) groups excluding carboxylic acids is 2. The van der Waals surface area contributed by atoms with Crippen molar-refractivity contribution in [2.24, 2.45) is 0 Å². The molecule has 1 aromatic heterocycles. The minimum atomic E-state index is -0.526. The number of rotatable bonds is 4. The van der Waals surface area contributed by atoms with Crippen LogP contribution in [0.1, 0.15) is 12.0 Å². The number of hydrogen-bond acceptors (Lipinski definition) is 5. The summed E-state index contributed by atoms with van der Waals surface area (Å²) in [7, 11) is 0. The lowest BCUT2D eigenvalue weighted by Gasteiger charge is -2.30. The van der Waals surface area contributed by atoms with Crippen LogP contribution in [0.3, 0.4) is 0 Å². The number of hydrazine groups is 1. The molecule has 0 bridgehead atoms. The Labute approximate surface area is 167 Å². The molecule has 0 unspecified atom stereocenters. The van der Waals surface area contributed by atoms with Gasteiger partial charge in [-0.2, -0.15) is 5.10 Å². The number of amides is 2. The Bertz CT molecular complexity index is 1120. The predicted octanol–water partition coefficient (Wildman–Crippen LogP) is 0.997. The lowest BCUT2D eigenvalue weighted by Crippen LogP contribution is -2.48. The van der Waals surface area contributed by atoms with E-state index in [9.17, 15) is 14.4 Å². The first kappa shape index (κ1) is 18.7. The zero-order valence-corrected chi connectivity index (χ0v) is 15.8. The Hall–Kier alpha value is -3.68. The van der Waals surface area contributed by atoms with Gasteiger partial charge < -0.3 is 4.90 Å². The first-order chi connectivity index (χ1) is 14.1. The molecule has 2 amide bonds. The quantitative estimate of drug-likeness (QED) is 0.647. The van der Waals surface area contributed by atoms with E-state index < -0.39 is 5.91 Å². The molecule has 0 saturated heterocycles. The van der Waals surface area contributed by atoms with Gasteiger partial charge in [-0.15, -0.1) is 0 Å². The third-order valence-corrected chi connectivity index (χ3v) is 4.94. The van der Waals surface area contributed by atoms with Crippen LogP contribution in [0.15, 0.2) is 59.5 Å². The summed E-state index contributed by atoms with van der Waals surface area (Å²) in [5, 5.41) is 5.22.